The van der Waals surface area contributed by atoms with Crippen molar-refractivity contribution in [2.45, 2.75) is 45.3 Å². The van der Waals surface area contributed by atoms with Gasteiger partial charge in [0.1, 0.15) is 5.75 Å². The minimum absolute atomic E-state index is 0.348. The summed E-state index contributed by atoms with van der Waals surface area (Å²) in [6.45, 7) is 8.92. The Kier molecular flexibility index (Phi) is 12.3. The first kappa shape index (κ1) is 25.4. The molecule has 0 bridgehead atoms. The van der Waals surface area contributed by atoms with Crippen molar-refractivity contribution < 1.29 is 14.2 Å². The number of hydrogen-bond donors (Lipinski definition) is 1. The Labute approximate surface area is 188 Å². The Morgan fingerprint density at radius 1 is 1.10 bits per heavy atom. The van der Waals surface area contributed by atoms with Crippen molar-refractivity contribution in [1.29, 1.82) is 0 Å². The van der Waals surface area contributed by atoms with Crippen molar-refractivity contribution in [2.75, 3.05) is 67.2 Å². The highest BCUT2D eigenvalue weighted by atomic mass is 16.5. The molecule has 0 radical (unpaired) electrons. The van der Waals surface area contributed by atoms with Gasteiger partial charge < -0.3 is 29.3 Å². The van der Waals surface area contributed by atoms with Crippen LogP contribution in [0.2, 0.25) is 0 Å². The van der Waals surface area contributed by atoms with Gasteiger partial charge in [-0.25, -0.2) is 4.99 Å². The topological polar surface area (TPSA) is 58.6 Å². The van der Waals surface area contributed by atoms with Crippen LogP contribution in [0.4, 0.5) is 0 Å². The maximum absolute atomic E-state index is 5.98. The van der Waals surface area contributed by atoms with E-state index in [9.17, 15) is 0 Å². The molecule has 1 N–H and O–H groups in total. The van der Waals surface area contributed by atoms with Crippen molar-refractivity contribution in [2.24, 2.45) is 4.99 Å². The second-order valence-electron chi connectivity index (χ2n) is 8.22. The van der Waals surface area contributed by atoms with Gasteiger partial charge in [-0.1, -0.05) is 12.1 Å². The fourth-order valence-electron chi connectivity index (χ4n) is 3.54. The van der Waals surface area contributed by atoms with Crippen molar-refractivity contribution in [1.82, 2.24) is 15.1 Å². The lowest BCUT2D eigenvalue weighted by Gasteiger charge is -2.34. The third-order valence-electron chi connectivity index (χ3n) is 5.28. The van der Waals surface area contributed by atoms with Crippen molar-refractivity contribution in [3.63, 3.8) is 0 Å². The molecule has 1 aliphatic heterocycles. The largest absolute Gasteiger partial charge is 0.494 e. The summed E-state index contributed by atoms with van der Waals surface area (Å²) in [5.41, 5.74) is 1.19. The van der Waals surface area contributed by atoms with Gasteiger partial charge in [0.05, 0.1) is 19.3 Å². The average Bonchev–Trinajstić information content (AvgIpc) is 2.78. The van der Waals surface area contributed by atoms with Crippen molar-refractivity contribution >= 4 is 5.96 Å². The molecule has 1 heterocycles. The van der Waals surface area contributed by atoms with E-state index in [4.69, 9.17) is 19.2 Å². The zero-order valence-corrected chi connectivity index (χ0v) is 19.9. The molecule has 31 heavy (non-hydrogen) atoms. The van der Waals surface area contributed by atoms with Gasteiger partial charge in [0.2, 0.25) is 0 Å². The smallest absolute Gasteiger partial charge is 0.194 e. The molecule has 0 aromatic heterocycles. The van der Waals surface area contributed by atoms with Crippen LogP contribution in [0, 0.1) is 0 Å². The summed E-state index contributed by atoms with van der Waals surface area (Å²) in [6, 6.07) is 8.29. The molecule has 176 valence electrons. The van der Waals surface area contributed by atoms with Crippen LogP contribution in [0.3, 0.4) is 0 Å². The molecule has 0 saturated carbocycles. The van der Waals surface area contributed by atoms with E-state index in [1.807, 2.05) is 12.1 Å². The monoisotopic (exact) mass is 434 g/mol. The molecule has 2 rings (SSSR count). The lowest BCUT2D eigenvalue weighted by molar-refractivity contribution is 0.00990. The van der Waals surface area contributed by atoms with E-state index in [0.29, 0.717) is 12.6 Å². The molecule has 1 fully saturated rings. The molecular formula is C24H42N4O3. The average molecular weight is 435 g/mol. The van der Waals surface area contributed by atoms with E-state index in [2.05, 4.69) is 48.3 Å². The Balaban J connectivity index is 1.78. The standard InChI is InChI=1S/C24H42N4O3/c1-5-25-24(28-15-12-23(13-16-28)31-19-7-17-29-4)26-20-21-8-10-22(11-9-21)30-18-6-14-27(2)3/h8-11,23H,5-7,12-20H2,1-4H3,(H,25,26). The van der Waals surface area contributed by atoms with Gasteiger partial charge >= 0.3 is 0 Å². The summed E-state index contributed by atoms with van der Waals surface area (Å²) in [4.78, 5) is 9.39. The first-order valence-corrected chi connectivity index (χ1v) is 11.6. The van der Waals surface area contributed by atoms with Crippen LogP contribution in [-0.4, -0.2) is 89.1 Å². The first-order chi connectivity index (χ1) is 15.1. The molecule has 0 aliphatic carbocycles. The molecular weight excluding hydrogens is 392 g/mol. The molecule has 0 unspecified atom stereocenters. The fraction of sp³-hybridized carbons (Fsp3) is 0.708. The Hall–Kier alpha value is -1.83. The van der Waals surface area contributed by atoms with Crippen LogP contribution < -0.4 is 10.1 Å². The summed E-state index contributed by atoms with van der Waals surface area (Å²) >= 11 is 0. The van der Waals surface area contributed by atoms with E-state index in [-0.39, 0.29) is 0 Å². The number of benzene rings is 1. The SMILES string of the molecule is CCNC(=NCc1ccc(OCCCN(C)C)cc1)N1CCC(OCCCOC)CC1. The second kappa shape index (κ2) is 15.1. The zero-order chi connectivity index (χ0) is 22.3. The maximum atomic E-state index is 5.98. The number of hydrogen-bond acceptors (Lipinski definition) is 5. The van der Waals surface area contributed by atoms with Gasteiger partial charge in [-0.15, -0.1) is 0 Å². The minimum Gasteiger partial charge on any atom is -0.494 e. The Morgan fingerprint density at radius 2 is 1.84 bits per heavy atom. The van der Waals surface area contributed by atoms with Crippen LogP contribution in [0.1, 0.15) is 38.2 Å². The molecule has 0 spiro atoms. The van der Waals surface area contributed by atoms with Gasteiger partial charge in [0.25, 0.3) is 0 Å². The van der Waals surface area contributed by atoms with Crippen LogP contribution in [0.15, 0.2) is 29.3 Å². The minimum atomic E-state index is 0.348. The Bertz CT molecular complexity index is 614. The third-order valence-corrected chi connectivity index (χ3v) is 5.28. The van der Waals surface area contributed by atoms with E-state index >= 15 is 0 Å². The Morgan fingerprint density at radius 3 is 2.48 bits per heavy atom. The maximum Gasteiger partial charge on any atom is 0.194 e. The van der Waals surface area contributed by atoms with Gasteiger partial charge in [0.15, 0.2) is 5.96 Å². The quantitative estimate of drug-likeness (QED) is 0.293. The molecule has 7 nitrogen and oxygen atoms in total. The van der Waals surface area contributed by atoms with E-state index < -0.39 is 0 Å². The fourth-order valence-corrected chi connectivity index (χ4v) is 3.54. The summed E-state index contributed by atoms with van der Waals surface area (Å²) in [6.07, 6.45) is 4.41. The predicted molar refractivity (Wildman–Crippen MR) is 127 cm³/mol. The molecule has 7 heteroatoms. The van der Waals surface area contributed by atoms with Crippen molar-refractivity contribution in [3.8, 4) is 5.75 Å². The van der Waals surface area contributed by atoms with Crippen LogP contribution >= 0.6 is 0 Å². The lowest BCUT2D eigenvalue weighted by Crippen LogP contribution is -2.47. The predicted octanol–water partition coefficient (Wildman–Crippen LogP) is 3.00. The molecule has 0 amide bonds. The van der Waals surface area contributed by atoms with Gasteiger partial charge in [-0.2, -0.15) is 0 Å². The van der Waals surface area contributed by atoms with E-state index in [1.165, 1.54) is 5.56 Å². The molecule has 1 saturated heterocycles. The molecule has 1 aromatic carbocycles. The highest BCUT2D eigenvalue weighted by molar-refractivity contribution is 5.80. The number of nitrogens with zero attached hydrogens (tertiary/aromatic N) is 3. The number of aliphatic imine (C=N–C) groups is 1. The van der Waals surface area contributed by atoms with E-state index in [0.717, 1.165) is 83.4 Å². The molecule has 1 aliphatic rings. The van der Waals surface area contributed by atoms with Crippen LogP contribution in [-0.2, 0) is 16.0 Å². The molecule has 1 aromatic rings. The number of nitrogens with one attached hydrogen (secondary N) is 1. The second-order valence-corrected chi connectivity index (χ2v) is 8.22. The third kappa shape index (κ3) is 10.4. The number of piperidine rings is 1. The summed E-state index contributed by atoms with van der Waals surface area (Å²) < 4.78 is 16.9. The van der Waals surface area contributed by atoms with Crippen LogP contribution in [0.5, 0.6) is 5.75 Å². The first-order valence-electron chi connectivity index (χ1n) is 11.6. The highest BCUT2D eigenvalue weighted by Gasteiger charge is 2.21. The number of ether oxygens (including phenoxy) is 3. The number of likely N-dealkylation sites (tertiary alicyclic amines) is 1. The summed E-state index contributed by atoms with van der Waals surface area (Å²) in [5, 5.41) is 3.44. The van der Waals surface area contributed by atoms with Crippen LogP contribution in [0.25, 0.3) is 0 Å². The number of methoxy groups -OCH3 is 1. The summed E-state index contributed by atoms with van der Waals surface area (Å²) in [7, 11) is 5.89. The van der Waals surface area contributed by atoms with Crippen molar-refractivity contribution in [3.05, 3.63) is 29.8 Å². The summed E-state index contributed by atoms with van der Waals surface area (Å²) in [5.74, 6) is 1.91. The lowest BCUT2D eigenvalue weighted by atomic mass is 10.1. The van der Waals surface area contributed by atoms with Gasteiger partial charge in [-0.05, 0) is 64.4 Å². The van der Waals surface area contributed by atoms with Gasteiger partial charge in [-0.3, -0.25) is 0 Å². The highest BCUT2D eigenvalue weighted by Crippen LogP contribution is 2.16. The van der Waals surface area contributed by atoms with Gasteiger partial charge in [0, 0.05) is 46.5 Å². The molecule has 0 atom stereocenters. The van der Waals surface area contributed by atoms with E-state index in [1.54, 1.807) is 7.11 Å². The number of rotatable bonds is 13. The zero-order valence-electron chi connectivity index (χ0n) is 19.9. The number of guanidine groups is 1. The normalized spacial score (nSPS) is 15.5.